The Morgan fingerprint density at radius 3 is 1.45 bits per heavy atom. The van der Waals surface area contributed by atoms with Crippen molar-refractivity contribution in [3.8, 4) is 0 Å². The fourth-order valence-electron chi connectivity index (χ4n) is 5.69. The van der Waals surface area contributed by atoms with E-state index in [-0.39, 0.29) is 19.4 Å². The summed E-state index contributed by atoms with van der Waals surface area (Å²) in [4.78, 5) is 34.9. The van der Waals surface area contributed by atoms with Crippen molar-refractivity contribution >= 4 is 19.8 Å². The maximum absolute atomic E-state index is 12.6. The maximum Gasteiger partial charge on any atom is 0.472 e. The zero-order valence-electron chi connectivity index (χ0n) is 32.6. The highest BCUT2D eigenvalue weighted by molar-refractivity contribution is 7.47. The number of carbonyl (C=O) groups is 2. The van der Waals surface area contributed by atoms with E-state index in [1.165, 1.54) is 116 Å². The summed E-state index contributed by atoms with van der Waals surface area (Å²) in [7, 11) is -4.61. The van der Waals surface area contributed by atoms with Crippen molar-refractivity contribution in [3.05, 3.63) is 12.2 Å². The molecule has 0 aromatic rings. The second-order valence-electron chi connectivity index (χ2n) is 14.0. The van der Waals surface area contributed by atoms with Crippen LogP contribution in [0.15, 0.2) is 12.2 Å². The Balaban J connectivity index is 4.33. The molecule has 3 N–H and O–H groups in total. The lowest BCUT2D eigenvalue weighted by molar-refractivity contribution is -0.161. The molecule has 0 aromatic heterocycles. The quantitative estimate of drug-likeness (QED) is 0.0240. The van der Waals surface area contributed by atoms with Crippen LogP contribution in [0, 0.1) is 0 Å². The molecule has 0 spiro atoms. The number of phosphoric acid groups is 1. The molecule has 0 aliphatic heterocycles. The van der Waals surface area contributed by atoms with Gasteiger partial charge in [0.1, 0.15) is 12.7 Å². The molecule has 0 aliphatic carbocycles. The zero-order valence-corrected chi connectivity index (χ0v) is 33.5. The van der Waals surface area contributed by atoms with Gasteiger partial charge in [-0.05, 0) is 38.5 Å². The molecular formula is C40H77O10P. The Hall–Kier alpha value is -1.29. The molecule has 0 saturated carbocycles. The Labute approximate surface area is 311 Å². The predicted octanol–water partition coefficient (Wildman–Crippen LogP) is 10.4. The van der Waals surface area contributed by atoms with Crippen molar-refractivity contribution in [1.82, 2.24) is 0 Å². The summed E-state index contributed by atoms with van der Waals surface area (Å²) in [5.41, 5.74) is 0. The minimum atomic E-state index is -4.61. The molecule has 0 rings (SSSR count). The van der Waals surface area contributed by atoms with Crippen molar-refractivity contribution < 1.29 is 47.8 Å². The van der Waals surface area contributed by atoms with Gasteiger partial charge in [-0.3, -0.25) is 18.6 Å². The number of hydrogen-bond acceptors (Lipinski definition) is 9. The molecule has 0 aliphatic rings. The first-order valence-electron chi connectivity index (χ1n) is 20.6. The van der Waals surface area contributed by atoms with Gasteiger partial charge in [-0.25, -0.2) is 4.57 Å². The molecule has 0 heterocycles. The molecule has 11 heteroatoms. The number of aliphatic hydroxyl groups excluding tert-OH is 2. The summed E-state index contributed by atoms with van der Waals surface area (Å²) in [6.07, 6.45) is 33.2. The van der Waals surface area contributed by atoms with Gasteiger partial charge in [-0.1, -0.05) is 154 Å². The molecule has 0 amide bonds. The summed E-state index contributed by atoms with van der Waals surface area (Å²) in [6, 6.07) is 0. The summed E-state index contributed by atoms with van der Waals surface area (Å²) >= 11 is 0. The molecule has 0 bridgehead atoms. The lowest BCUT2D eigenvalue weighted by atomic mass is 10.0. The zero-order chi connectivity index (χ0) is 37.7. The fraction of sp³-hybridized carbons (Fsp3) is 0.900. The van der Waals surface area contributed by atoms with Crippen LogP contribution in [0.4, 0.5) is 0 Å². The first kappa shape index (κ1) is 49.7. The van der Waals surface area contributed by atoms with Gasteiger partial charge in [0.15, 0.2) is 6.10 Å². The summed E-state index contributed by atoms with van der Waals surface area (Å²) < 4.78 is 32.6. The average molecular weight is 749 g/mol. The van der Waals surface area contributed by atoms with E-state index in [0.29, 0.717) is 12.8 Å². The van der Waals surface area contributed by atoms with E-state index in [2.05, 4.69) is 30.5 Å². The van der Waals surface area contributed by atoms with Crippen molar-refractivity contribution in [2.24, 2.45) is 0 Å². The third-order valence-electron chi connectivity index (χ3n) is 8.92. The molecule has 302 valence electrons. The molecule has 0 fully saturated rings. The number of rotatable bonds is 39. The van der Waals surface area contributed by atoms with Gasteiger partial charge in [0.05, 0.1) is 19.8 Å². The molecule has 1 unspecified atom stereocenters. The van der Waals surface area contributed by atoms with E-state index in [9.17, 15) is 24.2 Å². The van der Waals surface area contributed by atoms with E-state index in [4.69, 9.17) is 19.1 Å². The monoisotopic (exact) mass is 749 g/mol. The second-order valence-corrected chi connectivity index (χ2v) is 15.5. The van der Waals surface area contributed by atoms with Crippen LogP contribution in [0.1, 0.15) is 194 Å². The predicted molar refractivity (Wildman–Crippen MR) is 205 cm³/mol. The Morgan fingerprint density at radius 1 is 0.569 bits per heavy atom. The van der Waals surface area contributed by atoms with Crippen molar-refractivity contribution in [2.45, 2.75) is 206 Å². The van der Waals surface area contributed by atoms with Crippen molar-refractivity contribution in [2.75, 3.05) is 26.4 Å². The smallest absolute Gasteiger partial charge is 0.462 e. The van der Waals surface area contributed by atoms with E-state index >= 15 is 0 Å². The van der Waals surface area contributed by atoms with E-state index in [1.807, 2.05) is 0 Å². The van der Waals surface area contributed by atoms with Crippen LogP contribution in [0.2, 0.25) is 0 Å². The number of phosphoric ester groups is 1. The van der Waals surface area contributed by atoms with Crippen LogP contribution in [0.5, 0.6) is 0 Å². The standard InChI is InChI=1S/C40H77O10P/c1-3-5-7-9-11-13-15-17-18-20-21-23-25-27-29-31-39(43)47-35-38(36-49-51(45,46)48-34-37(42)33-41)50-40(44)32-30-28-26-24-22-19-16-14-12-10-8-6-4-2/h21,23,37-38,41-42H,3-20,22,24-36H2,1-2H3,(H,45,46)/b23-21+/t37-,38+/m0/s1. The van der Waals surface area contributed by atoms with Gasteiger partial charge in [0, 0.05) is 12.8 Å². The van der Waals surface area contributed by atoms with Crippen LogP contribution in [0.25, 0.3) is 0 Å². The van der Waals surface area contributed by atoms with E-state index in [0.717, 1.165) is 38.5 Å². The molecule has 0 radical (unpaired) electrons. The van der Waals surface area contributed by atoms with Gasteiger partial charge < -0.3 is 24.6 Å². The lowest BCUT2D eigenvalue weighted by Gasteiger charge is -2.20. The normalized spacial score (nSPS) is 14.1. The topological polar surface area (TPSA) is 149 Å². The molecular weight excluding hydrogens is 671 g/mol. The van der Waals surface area contributed by atoms with Crippen LogP contribution in [0.3, 0.4) is 0 Å². The highest BCUT2D eigenvalue weighted by atomic mass is 31.2. The van der Waals surface area contributed by atoms with E-state index in [1.54, 1.807) is 0 Å². The molecule has 3 atom stereocenters. The Kier molecular flexibility index (Phi) is 36.1. The van der Waals surface area contributed by atoms with Crippen molar-refractivity contribution in [3.63, 3.8) is 0 Å². The first-order valence-corrected chi connectivity index (χ1v) is 22.1. The van der Waals surface area contributed by atoms with Gasteiger partial charge in [0.2, 0.25) is 0 Å². The van der Waals surface area contributed by atoms with Crippen LogP contribution < -0.4 is 0 Å². The highest BCUT2D eigenvalue weighted by Gasteiger charge is 2.27. The number of esters is 2. The summed E-state index contributed by atoms with van der Waals surface area (Å²) in [5, 5.41) is 18.3. The summed E-state index contributed by atoms with van der Waals surface area (Å²) in [6.45, 7) is 2.37. The van der Waals surface area contributed by atoms with Crippen LogP contribution >= 0.6 is 7.82 Å². The van der Waals surface area contributed by atoms with Gasteiger partial charge in [0.25, 0.3) is 0 Å². The molecule has 10 nitrogen and oxygen atoms in total. The minimum Gasteiger partial charge on any atom is -0.462 e. The second kappa shape index (κ2) is 37.0. The SMILES string of the molecule is CCCCCCCCCCC/C=C/CCCCC(=O)OC[C@H](COP(=O)(O)OC[C@@H](O)CO)OC(=O)CCCCCCCCCCCCCCC. The van der Waals surface area contributed by atoms with Crippen LogP contribution in [-0.4, -0.2) is 65.7 Å². The van der Waals surface area contributed by atoms with E-state index < -0.39 is 51.8 Å². The minimum absolute atomic E-state index is 0.185. The Bertz CT molecular complexity index is 868. The number of hydrogen-bond donors (Lipinski definition) is 3. The summed E-state index contributed by atoms with van der Waals surface area (Å²) in [5.74, 6) is -0.943. The number of allylic oxidation sites excluding steroid dienone is 2. The number of aliphatic hydroxyl groups is 2. The number of carbonyl (C=O) groups excluding carboxylic acids is 2. The number of unbranched alkanes of at least 4 members (excludes halogenated alkanes) is 23. The number of ether oxygens (including phenoxy) is 2. The maximum atomic E-state index is 12.6. The average Bonchev–Trinajstić information content (AvgIpc) is 3.12. The van der Waals surface area contributed by atoms with Gasteiger partial charge in [-0.2, -0.15) is 0 Å². The highest BCUT2D eigenvalue weighted by Crippen LogP contribution is 2.43. The first-order chi connectivity index (χ1) is 24.7. The largest absolute Gasteiger partial charge is 0.472 e. The molecule has 0 saturated heterocycles. The third-order valence-corrected chi connectivity index (χ3v) is 9.87. The lowest BCUT2D eigenvalue weighted by Crippen LogP contribution is -2.29. The Morgan fingerprint density at radius 2 is 0.961 bits per heavy atom. The molecule has 51 heavy (non-hydrogen) atoms. The van der Waals surface area contributed by atoms with Crippen molar-refractivity contribution in [1.29, 1.82) is 0 Å². The van der Waals surface area contributed by atoms with Gasteiger partial charge in [-0.15, -0.1) is 0 Å². The van der Waals surface area contributed by atoms with Crippen LogP contribution in [-0.2, 0) is 32.7 Å². The third kappa shape index (κ3) is 36.8. The molecule has 0 aromatic carbocycles. The van der Waals surface area contributed by atoms with Gasteiger partial charge >= 0.3 is 19.8 Å². The fourth-order valence-corrected chi connectivity index (χ4v) is 6.48.